The van der Waals surface area contributed by atoms with Crippen molar-refractivity contribution in [3.05, 3.63) is 157 Å². The molecule has 2 aliphatic carbocycles. The molecule has 0 unspecified atom stereocenters. The van der Waals surface area contributed by atoms with Gasteiger partial charge in [-0.3, -0.25) is 0 Å². The average Bonchev–Trinajstić information content (AvgIpc) is 3.75. The molecule has 0 bridgehead atoms. The Labute approximate surface area is 406 Å². The van der Waals surface area contributed by atoms with Gasteiger partial charge in [-0.25, -0.2) is 0 Å². The van der Waals surface area contributed by atoms with Gasteiger partial charge in [0.25, 0.3) is 0 Å². The fourth-order valence-corrected chi connectivity index (χ4v) is 11.1. The predicted octanol–water partition coefficient (Wildman–Crippen LogP) is 19.5. The Morgan fingerprint density at radius 3 is 1.19 bits per heavy atom. The van der Waals surface area contributed by atoms with E-state index in [2.05, 4.69) is 173 Å². The van der Waals surface area contributed by atoms with Gasteiger partial charge in [-0.05, 0) is 94.2 Å². The van der Waals surface area contributed by atoms with Gasteiger partial charge in [-0.2, -0.15) is 12.1 Å². The topological polar surface area (TPSA) is 0 Å². The molecule has 0 amide bonds. The van der Waals surface area contributed by atoms with Crippen LogP contribution in [0.2, 0.25) is 13.1 Å². The van der Waals surface area contributed by atoms with E-state index in [1.54, 1.807) is 0 Å². The van der Waals surface area contributed by atoms with Crippen LogP contribution in [0.25, 0.3) is 65.3 Å². The third-order valence-electron chi connectivity index (χ3n) is 14.7. The molecule has 0 saturated heterocycles. The van der Waals surface area contributed by atoms with Crippen LogP contribution in [0.4, 0.5) is 0 Å². The third kappa shape index (κ3) is 12.2. The van der Waals surface area contributed by atoms with E-state index in [0.717, 1.165) is 9.52 Å². The molecule has 64 heavy (non-hydrogen) atoms. The molecule has 330 valence electrons. The standard InChI is InChI=1S/2C29H31.C2H6Si.2ClH.Zr/c2*1-2-29(16-7-3-4-8-17-29)21-22-18-25-12-9-13-27(28(25)19-22)26-15-14-23-10-5-6-11-24(23)20-26;1-3-2;;;/h2*5-6,9-15,18-20H,2-4,7-8,16-17,21H2,1H3;1-2H3;2*1H;/q2*-1;;;;+4/p-2. The van der Waals surface area contributed by atoms with E-state index in [-0.39, 0.29) is 0 Å². The summed E-state index contributed by atoms with van der Waals surface area (Å²) in [5.74, 6) is 0. The first-order valence-electron chi connectivity index (χ1n) is 24.3. The Hall–Kier alpha value is -3.26. The van der Waals surface area contributed by atoms with Crippen molar-refractivity contribution in [3.63, 3.8) is 0 Å². The number of benzene rings is 6. The maximum absolute atomic E-state index is 4.93. The molecule has 10 rings (SSSR count). The third-order valence-corrected chi connectivity index (χ3v) is 14.7. The fraction of sp³-hybridized carbons (Fsp3) is 0.367. The van der Waals surface area contributed by atoms with Gasteiger partial charge in [-0.1, -0.05) is 187 Å². The first-order chi connectivity index (χ1) is 31.4. The summed E-state index contributed by atoms with van der Waals surface area (Å²) in [7, 11) is 11.0. The van der Waals surface area contributed by atoms with Crippen LogP contribution in [0.5, 0.6) is 0 Å². The quantitative estimate of drug-likeness (QED) is 0.0809. The molecule has 0 aliphatic heterocycles. The van der Waals surface area contributed by atoms with Gasteiger partial charge < -0.3 is 0 Å². The zero-order valence-corrected chi connectivity index (χ0v) is 43.9. The Kier molecular flexibility index (Phi) is 18.2. The molecule has 2 aliphatic rings. The number of fused-ring (bicyclic) bond motifs is 4. The fourth-order valence-electron chi connectivity index (χ4n) is 11.1. The Balaban J connectivity index is 0.000000171. The molecule has 0 aromatic heterocycles. The molecule has 0 spiro atoms. The van der Waals surface area contributed by atoms with Crippen molar-refractivity contribution in [1.82, 2.24) is 0 Å². The molecule has 8 aromatic carbocycles. The normalized spacial score (nSPS) is 15.7. The summed E-state index contributed by atoms with van der Waals surface area (Å²) in [5.41, 5.74) is 9.50. The summed E-state index contributed by atoms with van der Waals surface area (Å²) in [6.45, 7) is 9.13. The zero-order valence-electron chi connectivity index (χ0n) is 38.9. The second-order valence-electron chi connectivity index (χ2n) is 18.9. The van der Waals surface area contributed by atoms with E-state index in [1.807, 2.05) is 0 Å². The predicted molar refractivity (Wildman–Crippen MR) is 282 cm³/mol. The average molecular weight is 979 g/mol. The van der Waals surface area contributed by atoms with Gasteiger partial charge in [0.05, 0.1) is 0 Å². The van der Waals surface area contributed by atoms with Crippen LogP contribution in [0.15, 0.2) is 146 Å². The van der Waals surface area contributed by atoms with Crippen molar-refractivity contribution in [1.29, 1.82) is 0 Å². The van der Waals surface area contributed by atoms with Crippen LogP contribution in [0.3, 0.4) is 0 Å². The van der Waals surface area contributed by atoms with Gasteiger partial charge >= 0.3 is 37.9 Å². The van der Waals surface area contributed by atoms with Gasteiger partial charge in [0, 0.05) is 9.52 Å². The number of halogens is 2. The molecule has 0 N–H and O–H groups in total. The van der Waals surface area contributed by atoms with Crippen molar-refractivity contribution < 1.29 is 20.8 Å². The van der Waals surface area contributed by atoms with Crippen LogP contribution >= 0.6 is 17.0 Å². The van der Waals surface area contributed by atoms with E-state index in [0.29, 0.717) is 10.8 Å². The molecule has 2 saturated carbocycles. The second kappa shape index (κ2) is 24.0. The van der Waals surface area contributed by atoms with Crippen LogP contribution in [0.1, 0.15) is 115 Å². The Morgan fingerprint density at radius 1 is 0.469 bits per heavy atom. The van der Waals surface area contributed by atoms with Gasteiger partial charge in [0.1, 0.15) is 0 Å². The van der Waals surface area contributed by atoms with Crippen molar-refractivity contribution in [2.75, 3.05) is 0 Å². The summed E-state index contributed by atoms with van der Waals surface area (Å²) in [5, 5.41) is 10.9. The van der Waals surface area contributed by atoms with Gasteiger partial charge in [0.2, 0.25) is 0 Å². The van der Waals surface area contributed by atoms with Crippen LogP contribution in [-0.4, -0.2) is 9.52 Å². The summed E-state index contributed by atoms with van der Waals surface area (Å²) in [6.07, 6.45) is 22.1. The zero-order chi connectivity index (χ0) is 44.8. The van der Waals surface area contributed by atoms with E-state index < -0.39 is 20.8 Å². The molecule has 0 nitrogen and oxygen atoms in total. The number of hydrogen-bond donors (Lipinski definition) is 0. The van der Waals surface area contributed by atoms with Crippen LogP contribution < -0.4 is 0 Å². The van der Waals surface area contributed by atoms with E-state index in [4.69, 9.17) is 17.0 Å². The molecule has 8 aromatic rings. The molecular weight excluding hydrogens is 911 g/mol. The molecule has 2 fully saturated rings. The maximum atomic E-state index is 4.93. The van der Waals surface area contributed by atoms with E-state index in [9.17, 15) is 0 Å². The number of rotatable bonds is 8. The molecule has 0 heterocycles. The molecule has 2 radical (unpaired) electrons. The number of hydrogen-bond acceptors (Lipinski definition) is 0. The van der Waals surface area contributed by atoms with Crippen molar-refractivity contribution in [2.45, 2.75) is 130 Å². The first kappa shape index (κ1) is 48.7. The van der Waals surface area contributed by atoms with E-state index >= 15 is 0 Å². The molecule has 4 heteroatoms. The van der Waals surface area contributed by atoms with Crippen molar-refractivity contribution >= 4 is 69.6 Å². The first-order valence-corrected chi connectivity index (χ1v) is 32.6. The summed E-state index contributed by atoms with van der Waals surface area (Å²) in [6, 6.07) is 54.5. The van der Waals surface area contributed by atoms with Crippen LogP contribution in [-0.2, 0) is 33.7 Å². The van der Waals surface area contributed by atoms with Gasteiger partial charge in [-0.15, -0.1) is 69.1 Å². The minimum atomic E-state index is -0.826. The van der Waals surface area contributed by atoms with Crippen molar-refractivity contribution in [2.24, 2.45) is 10.8 Å². The summed E-state index contributed by atoms with van der Waals surface area (Å²) in [4.78, 5) is 0. The summed E-state index contributed by atoms with van der Waals surface area (Å²) >= 11 is -0.826. The monoisotopic (exact) mass is 976 g/mol. The second-order valence-corrected chi connectivity index (χ2v) is 23.7. The minimum absolute atomic E-state index is 0.518. The Morgan fingerprint density at radius 2 is 0.828 bits per heavy atom. The van der Waals surface area contributed by atoms with Crippen LogP contribution in [0, 0.1) is 10.8 Å². The van der Waals surface area contributed by atoms with E-state index in [1.165, 1.54) is 179 Å². The SMILES string of the molecule is CCC1(Cc2cc3c(-c4ccc5ccccc5c4)cccc3[cH-]2)CCCCCC1.CCC1(Cc2cc3c(-c4ccc5ccccc5c4)cccc3[cH-]2)CCCCCC1.C[Si]C.[Cl][Zr+2][Cl]. The molecular formula is C60H68Cl2SiZr. The molecule has 0 atom stereocenters. The summed E-state index contributed by atoms with van der Waals surface area (Å²) < 4.78 is 0. The Bertz CT molecular complexity index is 2480. The van der Waals surface area contributed by atoms with Gasteiger partial charge in [0.15, 0.2) is 0 Å². The van der Waals surface area contributed by atoms with Crippen molar-refractivity contribution in [3.8, 4) is 22.3 Å².